The van der Waals surface area contributed by atoms with Crippen LogP contribution in [0, 0.1) is 17.1 Å². The van der Waals surface area contributed by atoms with Gasteiger partial charge in [-0.25, -0.2) is 4.39 Å². The van der Waals surface area contributed by atoms with Crippen LogP contribution in [-0.2, 0) is 11.3 Å². The molecule has 3 aromatic rings. The molecule has 7 heteroatoms. The standard InChI is InChI=1S/C21H18ClFN4O/c22-16-5-4-15-6-7-27(20(15)12-16)14-21(28)26-10-8-25(9-11-26)19-3-1-2-18(23)17(19)13-24/h1-7,12H,8-11,14H2. The monoisotopic (exact) mass is 396 g/mol. The van der Waals surface area contributed by atoms with Crippen molar-refractivity contribution in [1.29, 1.82) is 5.26 Å². The molecule has 0 saturated carbocycles. The van der Waals surface area contributed by atoms with Gasteiger partial charge < -0.3 is 14.4 Å². The van der Waals surface area contributed by atoms with E-state index >= 15 is 0 Å². The van der Waals surface area contributed by atoms with Crippen LogP contribution in [0.1, 0.15) is 5.56 Å². The van der Waals surface area contributed by atoms with Crippen molar-refractivity contribution >= 4 is 34.1 Å². The maximum Gasteiger partial charge on any atom is 0.242 e. The first kappa shape index (κ1) is 18.3. The Kier molecular flexibility index (Phi) is 4.93. The first-order valence-electron chi connectivity index (χ1n) is 9.02. The Morgan fingerprint density at radius 1 is 1.14 bits per heavy atom. The summed E-state index contributed by atoms with van der Waals surface area (Å²) in [5.41, 5.74) is 1.57. The lowest BCUT2D eigenvalue weighted by Gasteiger charge is -2.36. The third kappa shape index (κ3) is 3.41. The van der Waals surface area contributed by atoms with Crippen molar-refractivity contribution in [2.45, 2.75) is 6.54 Å². The van der Waals surface area contributed by atoms with Gasteiger partial charge in [0.1, 0.15) is 24.0 Å². The molecule has 0 atom stereocenters. The number of hydrogen-bond acceptors (Lipinski definition) is 3. The van der Waals surface area contributed by atoms with Crippen molar-refractivity contribution in [3.05, 3.63) is 65.1 Å². The third-order valence-electron chi connectivity index (χ3n) is 5.12. The number of carbonyl (C=O) groups excluding carboxylic acids is 1. The molecule has 2 heterocycles. The maximum absolute atomic E-state index is 13.9. The number of benzene rings is 2. The molecule has 1 amide bonds. The lowest BCUT2D eigenvalue weighted by molar-refractivity contribution is -0.132. The largest absolute Gasteiger partial charge is 0.367 e. The van der Waals surface area contributed by atoms with Crippen LogP contribution in [0.15, 0.2) is 48.7 Å². The highest BCUT2D eigenvalue weighted by Gasteiger charge is 2.24. The fourth-order valence-electron chi connectivity index (χ4n) is 3.62. The van der Waals surface area contributed by atoms with E-state index in [1.54, 1.807) is 17.0 Å². The van der Waals surface area contributed by atoms with E-state index in [0.29, 0.717) is 36.9 Å². The van der Waals surface area contributed by atoms with Gasteiger partial charge in [0.2, 0.25) is 5.91 Å². The summed E-state index contributed by atoms with van der Waals surface area (Å²) in [6, 6.07) is 14.2. The van der Waals surface area contributed by atoms with Gasteiger partial charge in [-0.15, -0.1) is 0 Å². The Labute approximate surface area is 167 Å². The van der Waals surface area contributed by atoms with Gasteiger partial charge in [0.05, 0.1) is 5.69 Å². The Morgan fingerprint density at radius 2 is 1.93 bits per heavy atom. The smallest absolute Gasteiger partial charge is 0.242 e. The highest BCUT2D eigenvalue weighted by molar-refractivity contribution is 6.31. The second kappa shape index (κ2) is 7.53. The van der Waals surface area contributed by atoms with Gasteiger partial charge in [0, 0.05) is 42.9 Å². The van der Waals surface area contributed by atoms with Crippen LogP contribution in [-0.4, -0.2) is 41.6 Å². The average Bonchev–Trinajstić information content (AvgIpc) is 3.09. The van der Waals surface area contributed by atoms with Gasteiger partial charge in [0.25, 0.3) is 0 Å². The summed E-state index contributed by atoms with van der Waals surface area (Å²) in [6.45, 7) is 2.41. The second-order valence-electron chi connectivity index (χ2n) is 6.76. The first-order chi connectivity index (χ1) is 13.6. The number of nitriles is 1. The van der Waals surface area contributed by atoms with Crippen molar-refractivity contribution in [2.75, 3.05) is 31.1 Å². The number of rotatable bonds is 3. The second-order valence-corrected chi connectivity index (χ2v) is 7.20. The Morgan fingerprint density at radius 3 is 2.68 bits per heavy atom. The summed E-state index contributed by atoms with van der Waals surface area (Å²) in [5.74, 6) is -0.492. The van der Waals surface area contributed by atoms with Crippen LogP contribution >= 0.6 is 11.6 Å². The van der Waals surface area contributed by atoms with Gasteiger partial charge in [-0.1, -0.05) is 23.7 Å². The highest BCUT2D eigenvalue weighted by atomic mass is 35.5. The summed E-state index contributed by atoms with van der Waals surface area (Å²) in [7, 11) is 0. The van der Waals surface area contributed by atoms with Gasteiger partial charge in [0.15, 0.2) is 0 Å². The topological polar surface area (TPSA) is 52.3 Å². The summed E-state index contributed by atoms with van der Waals surface area (Å²) in [5, 5.41) is 10.9. The molecule has 1 saturated heterocycles. The molecule has 5 nitrogen and oxygen atoms in total. The zero-order valence-electron chi connectivity index (χ0n) is 15.1. The lowest BCUT2D eigenvalue weighted by Crippen LogP contribution is -2.49. The SMILES string of the molecule is N#Cc1c(F)cccc1N1CCN(C(=O)Cn2ccc3ccc(Cl)cc32)CC1. The van der Waals surface area contributed by atoms with E-state index in [1.807, 2.05) is 46.0 Å². The number of carbonyl (C=O) groups is 1. The van der Waals surface area contributed by atoms with E-state index in [1.165, 1.54) is 6.07 Å². The summed E-state index contributed by atoms with van der Waals surface area (Å²) >= 11 is 6.08. The van der Waals surface area contributed by atoms with Crippen LogP contribution in [0.5, 0.6) is 0 Å². The van der Waals surface area contributed by atoms with Crippen LogP contribution in [0.25, 0.3) is 10.9 Å². The maximum atomic E-state index is 13.9. The van der Waals surface area contributed by atoms with E-state index in [9.17, 15) is 14.4 Å². The molecule has 1 aromatic heterocycles. The first-order valence-corrected chi connectivity index (χ1v) is 9.40. The zero-order chi connectivity index (χ0) is 19.7. The number of nitrogens with zero attached hydrogens (tertiary/aromatic N) is 4. The molecular formula is C21H18ClFN4O. The molecule has 1 fully saturated rings. The van der Waals surface area contributed by atoms with Crippen molar-refractivity contribution in [2.24, 2.45) is 0 Å². The molecule has 0 radical (unpaired) electrons. The Hall–Kier alpha value is -3.04. The molecule has 0 bridgehead atoms. The molecule has 28 heavy (non-hydrogen) atoms. The molecule has 0 spiro atoms. The van der Waals surface area contributed by atoms with Gasteiger partial charge in [-0.2, -0.15) is 5.26 Å². The molecule has 0 unspecified atom stereocenters. The van der Waals surface area contributed by atoms with Gasteiger partial charge in [-0.3, -0.25) is 4.79 Å². The molecule has 0 aliphatic carbocycles. The molecule has 1 aliphatic heterocycles. The van der Waals surface area contributed by atoms with E-state index in [2.05, 4.69) is 0 Å². The molecule has 142 valence electrons. The average molecular weight is 397 g/mol. The van der Waals surface area contributed by atoms with Gasteiger partial charge in [-0.05, 0) is 35.7 Å². The fraction of sp³-hybridized carbons (Fsp3) is 0.238. The van der Waals surface area contributed by atoms with Crippen molar-refractivity contribution in [3.63, 3.8) is 0 Å². The van der Waals surface area contributed by atoms with E-state index < -0.39 is 5.82 Å². The molecule has 0 N–H and O–H groups in total. The van der Waals surface area contributed by atoms with Crippen molar-refractivity contribution < 1.29 is 9.18 Å². The fourth-order valence-corrected chi connectivity index (χ4v) is 3.79. The van der Waals surface area contributed by atoms with Crippen LogP contribution < -0.4 is 4.90 Å². The third-order valence-corrected chi connectivity index (χ3v) is 5.35. The lowest BCUT2D eigenvalue weighted by atomic mass is 10.1. The number of piperazine rings is 1. The minimum atomic E-state index is -0.517. The van der Waals surface area contributed by atoms with Crippen molar-refractivity contribution in [1.82, 2.24) is 9.47 Å². The molecule has 2 aromatic carbocycles. The molecular weight excluding hydrogens is 379 g/mol. The van der Waals surface area contributed by atoms with E-state index in [4.69, 9.17) is 11.6 Å². The van der Waals surface area contributed by atoms with Gasteiger partial charge >= 0.3 is 0 Å². The minimum Gasteiger partial charge on any atom is -0.367 e. The predicted octanol–water partition coefficient (Wildman–Crippen LogP) is 3.65. The van der Waals surface area contributed by atoms with E-state index in [0.717, 1.165) is 10.9 Å². The summed E-state index contributed by atoms with van der Waals surface area (Å²) in [6.07, 6.45) is 1.89. The summed E-state index contributed by atoms with van der Waals surface area (Å²) < 4.78 is 15.8. The normalized spacial score (nSPS) is 14.3. The summed E-state index contributed by atoms with van der Waals surface area (Å²) in [4.78, 5) is 16.5. The van der Waals surface area contributed by atoms with Crippen molar-refractivity contribution in [3.8, 4) is 6.07 Å². The van der Waals surface area contributed by atoms with E-state index in [-0.39, 0.29) is 18.0 Å². The van der Waals surface area contributed by atoms with Crippen LogP contribution in [0.4, 0.5) is 10.1 Å². The number of anilines is 1. The highest BCUT2D eigenvalue weighted by Crippen LogP contribution is 2.24. The molecule has 1 aliphatic rings. The number of aromatic nitrogens is 1. The number of halogens is 2. The van der Waals surface area contributed by atoms with Crippen LogP contribution in [0.3, 0.4) is 0 Å². The zero-order valence-corrected chi connectivity index (χ0v) is 15.9. The van der Waals surface area contributed by atoms with Crippen LogP contribution in [0.2, 0.25) is 5.02 Å². The number of fused-ring (bicyclic) bond motifs is 1. The Bertz CT molecular complexity index is 1080. The molecule has 4 rings (SSSR count). The number of amides is 1. The Balaban J connectivity index is 1.44. The quantitative estimate of drug-likeness (QED) is 0.679. The minimum absolute atomic E-state index is 0.0249. The number of hydrogen-bond donors (Lipinski definition) is 0. The predicted molar refractivity (Wildman–Crippen MR) is 107 cm³/mol.